The molecule has 0 spiro atoms. The van der Waals surface area contributed by atoms with Crippen LogP contribution in [0, 0.1) is 5.82 Å². The highest BCUT2D eigenvalue weighted by Gasteiger charge is 2.00. The Balaban J connectivity index is 2.02. The molecule has 0 aliphatic heterocycles. The molecule has 0 atom stereocenters. The second kappa shape index (κ2) is 5.01. The number of nitrogens with zero attached hydrogens (tertiary/aromatic N) is 1. The minimum absolute atomic E-state index is 0.125. The van der Waals surface area contributed by atoms with Crippen molar-refractivity contribution >= 4 is 23.1 Å². The summed E-state index contributed by atoms with van der Waals surface area (Å²) >= 11 is 5.68. The lowest BCUT2D eigenvalue weighted by Gasteiger charge is -2.06. The zero-order valence-electron chi connectivity index (χ0n) is 8.95. The number of benzene rings is 1. The van der Waals surface area contributed by atoms with Crippen LogP contribution in [0.5, 0.6) is 0 Å². The Kier molecular flexibility index (Phi) is 3.44. The third kappa shape index (κ3) is 3.07. The molecule has 0 saturated carbocycles. The number of nitrogens with two attached hydrogens (primary N) is 1. The van der Waals surface area contributed by atoms with Gasteiger partial charge in [-0.05, 0) is 29.8 Å². The lowest BCUT2D eigenvalue weighted by atomic mass is 10.2. The van der Waals surface area contributed by atoms with Crippen LogP contribution >= 0.6 is 11.6 Å². The summed E-state index contributed by atoms with van der Waals surface area (Å²) in [6.45, 7) is 0.547. The zero-order chi connectivity index (χ0) is 12.3. The van der Waals surface area contributed by atoms with Crippen molar-refractivity contribution in [2.45, 2.75) is 6.54 Å². The Morgan fingerprint density at radius 2 is 2.12 bits per heavy atom. The number of hydrogen-bond acceptors (Lipinski definition) is 3. The predicted molar refractivity (Wildman–Crippen MR) is 67.4 cm³/mol. The molecule has 3 nitrogen and oxygen atoms in total. The molecule has 0 bridgehead atoms. The number of halogens is 2. The number of aromatic nitrogens is 1. The largest absolute Gasteiger partial charge is 0.384 e. The molecule has 3 N–H and O–H groups in total. The summed E-state index contributed by atoms with van der Waals surface area (Å²) < 4.78 is 12.9. The van der Waals surface area contributed by atoms with E-state index in [9.17, 15) is 4.39 Å². The van der Waals surface area contributed by atoms with Gasteiger partial charge >= 0.3 is 0 Å². The van der Waals surface area contributed by atoms with Crippen molar-refractivity contribution in [3.8, 4) is 0 Å². The number of pyridine rings is 1. The number of nitrogens with one attached hydrogen (secondary N) is 1. The van der Waals surface area contributed by atoms with Crippen LogP contribution in [0.15, 0.2) is 36.5 Å². The van der Waals surface area contributed by atoms with E-state index in [2.05, 4.69) is 10.3 Å². The molecule has 0 saturated heterocycles. The van der Waals surface area contributed by atoms with Crippen molar-refractivity contribution in [3.05, 3.63) is 52.9 Å². The summed E-state index contributed by atoms with van der Waals surface area (Å²) in [5.41, 5.74) is 7.22. The van der Waals surface area contributed by atoms with Gasteiger partial charge in [-0.25, -0.2) is 9.37 Å². The smallest absolute Gasteiger partial charge is 0.141 e. The van der Waals surface area contributed by atoms with Crippen molar-refractivity contribution in [3.63, 3.8) is 0 Å². The fourth-order valence-corrected chi connectivity index (χ4v) is 1.57. The normalized spacial score (nSPS) is 10.2. The van der Waals surface area contributed by atoms with Crippen LogP contribution in [0.25, 0.3) is 0 Å². The molecule has 0 unspecified atom stereocenters. The van der Waals surface area contributed by atoms with Crippen LogP contribution in [0.1, 0.15) is 5.56 Å². The summed E-state index contributed by atoms with van der Waals surface area (Å²) in [6.07, 6.45) is 1.64. The van der Waals surface area contributed by atoms with E-state index < -0.39 is 5.82 Å². The lowest BCUT2D eigenvalue weighted by Crippen LogP contribution is -2.00. The first-order chi connectivity index (χ1) is 8.15. The molecule has 88 valence electrons. The topological polar surface area (TPSA) is 50.9 Å². The van der Waals surface area contributed by atoms with Gasteiger partial charge in [0, 0.05) is 6.54 Å². The second-order valence-electron chi connectivity index (χ2n) is 3.57. The summed E-state index contributed by atoms with van der Waals surface area (Å²) in [5.74, 6) is 0.0601. The van der Waals surface area contributed by atoms with Gasteiger partial charge in [0.05, 0.1) is 16.9 Å². The van der Waals surface area contributed by atoms with E-state index in [0.717, 1.165) is 11.3 Å². The summed E-state index contributed by atoms with van der Waals surface area (Å²) in [5, 5.41) is 3.26. The molecule has 1 aromatic heterocycles. The first-order valence-electron chi connectivity index (χ1n) is 5.04. The fraction of sp³-hybridized carbons (Fsp3) is 0.0833. The molecule has 1 heterocycles. The summed E-state index contributed by atoms with van der Waals surface area (Å²) in [6, 6.07) is 8.15. The molecule has 1 aromatic carbocycles. The summed E-state index contributed by atoms with van der Waals surface area (Å²) in [4.78, 5) is 3.95. The monoisotopic (exact) mass is 251 g/mol. The first-order valence-corrected chi connectivity index (χ1v) is 5.42. The minimum atomic E-state index is -0.412. The van der Waals surface area contributed by atoms with Crippen molar-refractivity contribution < 1.29 is 4.39 Å². The number of hydrogen-bond donors (Lipinski definition) is 2. The number of anilines is 2. The molecule has 17 heavy (non-hydrogen) atoms. The van der Waals surface area contributed by atoms with Crippen LogP contribution in [0.4, 0.5) is 15.9 Å². The van der Waals surface area contributed by atoms with Crippen LogP contribution < -0.4 is 11.1 Å². The van der Waals surface area contributed by atoms with Gasteiger partial charge in [-0.2, -0.15) is 0 Å². The Labute approximate surface area is 103 Å². The number of nitrogen functional groups attached to an aromatic ring is 1. The second-order valence-corrected chi connectivity index (χ2v) is 3.98. The van der Waals surface area contributed by atoms with Gasteiger partial charge in [0.15, 0.2) is 0 Å². The van der Waals surface area contributed by atoms with E-state index in [0.29, 0.717) is 12.4 Å². The van der Waals surface area contributed by atoms with Gasteiger partial charge < -0.3 is 11.1 Å². The van der Waals surface area contributed by atoms with Crippen molar-refractivity contribution in [1.82, 2.24) is 4.98 Å². The maximum absolute atomic E-state index is 12.9. The molecule has 0 amide bonds. The summed E-state index contributed by atoms with van der Waals surface area (Å²) in [7, 11) is 0. The Bertz CT molecular complexity index is 514. The van der Waals surface area contributed by atoms with Crippen molar-refractivity contribution in [2.75, 3.05) is 11.1 Å². The lowest BCUT2D eigenvalue weighted by molar-refractivity contribution is 0.627. The van der Waals surface area contributed by atoms with Gasteiger partial charge in [0.1, 0.15) is 11.6 Å². The van der Waals surface area contributed by atoms with Crippen LogP contribution in [0.2, 0.25) is 5.02 Å². The molecule has 0 aliphatic rings. The van der Waals surface area contributed by atoms with Crippen molar-refractivity contribution in [2.24, 2.45) is 0 Å². The van der Waals surface area contributed by atoms with Crippen LogP contribution in [-0.4, -0.2) is 4.98 Å². The molecule has 0 radical (unpaired) electrons. The highest BCUT2D eigenvalue weighted by molar-refractivity contribution is 6.30. The SMILES string of the molecule is Nc1ccc(NCc2ccc(F)c(Cl)c2)cn1. The molecular formula is C12H11ClFN3. The van der Waals surface area contributed by atoms with E-state index >= 15 is 0 Å². The van der Waals surface area contributed by atoms with Crippen molar-refractivity contribution in [1.29, 1.82) is 0 Å². The van der Waals surface area contributed by atoms with E-state index in [1.54, 1.807) is 24.4 Å². The molecule has 5 heteroatoms. The predicted octanol–water partition coefficient (Wildman–Crippen LogP) is 3.07. The number of rotatable bonds is 3. The average molecular weight is 252 g/mol. The minimum Gasteiger partial charge on any atom is -0.384 e. The quantitative estimate of drug-likeness (QED) is 0.882. The third-order valence-corrected chi connectivity index (χ3v) is 2.56. The molecule has 0 fully saturated rings. The standard InChI is InChI=1S/C12H11ClFN3/c13-10-5-8(1-3-11(10)14)6-16-9-2-4-12(15)17-7-9/h1-5,7,16H,6H2,(H2,15,17). The third-order valence-electron chi connectivity index (χ3n) is 2.27. The van der Waals surface area contributed by atoms with Crippen LogP contribution in [0.3, 0.4) is 0 Å². The van der Waals surface area contributed by atoms with Crippen LogP contribution in [-0.2, 0) is 6.54 Å². The van der Waals surface area contributed by atoms with Gasteiger partial charge in [0.25, 0.3) is 0 Å². The molecule has 0 aliphatic carbocycles. The Hall–Kier alpha value is -1.81. The maximum Gasteiger partial charge on any atom is 0.141 e. The maximum atomic E-state index is 12.9. The highest BCUT2D eigenvalue weighted by atomic mass is 35.5. The molecule has 2 aromatic rings. The Morgan fingerprint density at radius 1 is 1.29 bits per heavy atom. The zero-order valence-corrected chi connectivity index (χ0v) is 9.71. The highest BCUT2D eigenvalue weighted by Crippen LogP contribution is 2.17. The van der Waals surface area contributed by atoms with Gasteiger partial charge in [0.2, 0.25) is 0 Å². The molecule has 2 rings (SSSR count). The first kappa shape index (κ1) is 11.7. The average Bonchev–Trinajstić information content (AvgIpc) is 2.33. The fourth-order valence-electron chi connectivity index (χ4n) is 1.36. The van der Waals surface area contributed by atoms with Gasteiger partial charge in [-0.1, -0.05) is 17.7 Å². The molecular weight excluding hydrogens is 241 g/mol. The van der Waals surface area contributed by atoms with E-state index in [1.807, 2.05) is 6.07 Å². The van der Waals surface area contributed by atoms with E-state index in [1.165, 1.54) is 6.07 Å². The van der Waals surface area contributed by atoms with Gasteiger partial charge in [-0.3, -0.25) is 0 Å². The van der Waals surface area contributed by atoms with E-state index in [4.69, 9.17) is 17.3 Å². The Morgan fingerprint density at radius 3 is 2.76 bits per heavy atom. The van der Waals surface area contributed by atoms with Gasteiger partial charge in [-0.15, -0.1) is 0 Å². The van der Waals surface area contributed by atoms with E-state index in [-0.39, 0.29) is 5.02 Å².